The fraction of sp³-hybridized carbons (Fsp3) is 0.500. The minimum Gasteiger partial charge on any atom is -0.394 e. The van der Waals surface area contributed by atoms with Crippen LogP contribution in [-0.4, -0.2) is 36.8 Å². The van der Waals surface area contributed by atoms with Gasteiger partial charge in [0, 0.05) is 14.1 Å². The lowest BCUT2D eigenvalue weighted by Crippen LogP contribution is -2.32. The zero-order valence-corrected chi connectivity index (χ0v) is 8.86. The zero-order valence-electron chi connectivity index (χ0n) is 8.86. The van der Waals surface area contributed by atoms with Gasteiger partial charge in [-0.3, -0.25) is 0 Å². The molecule has 1 atom stereocenters. The molecule has 0 aromatic carbocycles. The number of hydrogen-bond acceptors (Lipinski definition) is 4. The van der Waals surface area contributed by atoms with Crippen LogP contribution in [0.4, 0.5) is 11.6 Å². The monoisotopic (exact) mass is 195 g/mol. The number of rotatable bonds is 4. The van der Waals surface area contributed by atoms with Gasteiger partial charge in [0.1, 0.15) is 11.6 Å². The van der Waals surface area contributed by atoms with Gasteiger partial charge in [-0.2, -0.15) is 0 Å². The van der Waals surface area contributed by atoms with Crippen LogP contribution in [0.5, 0.6) is 0 Å². The Morgan fingerprint density at radius 1 is 1.57 bits per heavy atom. The van der Waals surface area contributed by atoms with Crippen LogP contribution in [0.2, 0.25) is 0 Å². The first-order valence-corrected chi connectivity index (χ1v) is 4.67. The zero-order chi connectivity index (χ0) is 10.6. The fourth-order valence-corrected chi connectivity index (χ4v) is 1.11. The van der Waals surface area contributed by atoms with Gasteiger partial charge in [0.25, 0.3) is 0 Å². The minimum atomic E-state index is 0.0783. The van der Waals surface area contributed by atoms with Crippen molar-refractivity contribution in [2.75, 3.05) is 30.9 Å². The molecule has 2 N–H and O–H groups in total. The van der Waals surface area contributed by atoms with Crippen LogP contribution in [0.25, 0.3) is 0 Å². The highest BCUT2D eigenvalue weighted by molar-refractivity contribution is 5.46. The molecule has 1 heterocycles. The highest BCUT2D eigenvalue weighted by Crippen LogP contribution is 2.14. The summed E-state index contributed by atoms with van der Waals surface area (Å²) in [5, 5.41) is 12.0. The number of aliphatic hydroxyl groups is 1. The molecule has 14 heavy (non-hydrogen) atoms. The molecule has 0 amide bonds. The van der Waals surface area contributed by atoms with Crippen molar-refractivity contribution in [3.63, 3.8) is 0 Å². The Bertz CT molecular complexity index is 290. The molecule has 0 aliphatic heterocycles. The van der Waals surface area contributed by atoms with Crippen LogP contribution < -0.4 is 10.2 Å². The molecule has 78 valence electrons. The summed E-state index contributed by atoms with van der Waals surface area (Å²) in [6.45, 7) is 2.08. The maximum atomic E-state index is 9.01. The van der Waals surface area contributed by atoms with Gasteiger partial charge >= 0.3 is 0 Å². The molecule has 0 fully saturated rings. The van der Waals surface area contributed by atoms with Gasteiger partial charge in [-0.25, -0.2) is 4.98 Å². The second-order valence-corrected chi connectivity index (χ2v) is 3.27. The third-order valence-corrected chi connectivity index (χ3v) is 2.28. The number of likely N-dealkylation sites (N-methyl/N-ethyl adjacent to an activating group) is 1. The van der Waals surface area contributed by atoms with Crippen LogP contribution in [0.3, 0.4) is 0 Å². The van der Waals surface area contributed by atoms with Gasteiger partial charge < -0.3 is 15.3 Å². The summed E-state index contributed by atoms with van der Waals surface area (Å²) >= 11 is 0. The summed E-state index contributed by atoms with van der Waals surface area (Å²) in [7, 11) is 3.75. The minimum absolute atomic E-state index is 0.0783. The van der Waals surface area contributed by atoms with E-state index in [1.165, 1.54) is 0 Å². The second-order valence-electron chi connectivity index (χ2n) is 3.27. The maximum Gasteiger partial charge on any atom is 0.131 e. The average molecular weight is 195 g/mol. The molecule has 0 aliphatic rings. The Hall–Kier alpha value is -1.29. The molecule has 4 nitrogen and oxygen atoms in total. The smallest absolute Gasteiger partial charge is 0.131 e. The molecule has 0 saturated carbocycles. The van der Waals surface area contributed by atoms with E-state index in [0.29, 0.717) is 0 Å². The normalized spacial score (nSPS) is 12.3. The fourth-order valence-electron chi connectivity index (χ4n) is 1.11. The predicted octanol–water partition coefficient (Wildman–Crippen LogP) is 0.940. The highest BCUT2D eigenvalue weighted by atomic mass is 16.3. The summed E-state index contributed by atoms with van der Waals surface area (Å²) in [5.41, 5.74) is 0. The molecular weight excluding hydrogens is 178 g/mol. The van der Waals surface area contributed by atoms with Gasteiger partial charge in [-0.15, -0.1) is 0 Å². The molecule has 1 rings (SSSR count). The molecule has 1 aromatic heterocycles. The first-order chi connectivity index (χ1) is 6.69. The average Bonchev–Trinajstić information content (AvgIpc) is 2.27. The number of nitrogens with zero attached hydrogens (tertiary/aromatic N) is 2. The van der Waals surface area contributed by atoms with Crippen LogP contribution in [-0.2, 0) is 0 Å². The predicted molar refractivity (Wildman–Crippen MR) is 58.7 cm³/mol. The summed E-state index contributed by atoms with van der Waals surface area (Å²) in [5.74, 6) is 1.69. The van der Waals surface area contributed by atoms with Gasteiger partial charge in [-0.05, 0) is 19.1 Å². The van der Waals surface area contributed by atoms with Crippen molar-refractivity contribution in [2.45, 2.75) is 13.0 Å². The molecule has 1 aromatic rings. The lowest BCUT2D eigenvalue weighted by Gasteiger charge is -2.24. The van der Waals surface area contributed by atoms with Crippen molar-refractivity contribution >= 4 is 11.6 Å². The van der Waals surface area contributed by atoms with Gasteiger partial charge in [0.2, 0.25) is 0 Å². The number of anilines is 2. The van der Waals surface area contributed by atoms with Crippen molar-refractivity contribution in [3.05, 3.63) is 18.2 Å². The Balaban J connectivity index is 2.83. The van der Waals surface area contributed by atoms with E-state index in [1.807, 2.05) is 44.1 Å². The maximum absolute atomic E-state index is 9.01. The van der Waals surface area contributed by atoms with Crippen LogP contribution >= 0.6 is 0 Å². The van der Waals surface area contributed by atoms with Gasteiger partial charge in [0.15, 0.2) is 0 Å². The number of nitrogens with one attached hydrogen (secondary N) is 1. The molecule has 0 spiro atoms. The lowest BCUT2D eigenvalue weighted by molar-refractivity contribution is 0.270. The summed E-state index contributed by atoms with van der Waals surface area (Å²) in [6.07, 6.45) is 0. The molecule has 1 unspecified atom stereocenters. The summed E-state index contributed by atoms with van der Waals surface area (Å²) in [6, 6.07) is 5.84. The number of aromatic nitrogens is 1. The third kappa shape index (κ3) is 2.35. The van der Waals surface area contributed by atoms with E-state index in [1.54, 1.807) is 0 Å². The first kappa shape index (κ1) is 10.8. The van der Waals surface area contributed by atoms with Crippen LogP contribution in [0, 0.1) is 0 Å². The van der Waals surface area contributed by atoms with Crippen molar-refractivity contribution < 1.29 is 5.11 Å². The third-order valence-electron chi connectivity index (χ3n) is 2.28. The van der Waals surface area contributed by atoms with E-state index in [0.717, 1.165) is 11.6 Å². The van der Waals surface area contributed by atoms with E-state index < -0.39 is 0 Å². The lowest BCUT2D eigenvalue weighted by atomic mass is 10.3. The van der Waals surface area contributed by atoms with E-state index in [4.69, 9.17) is 5.11 Å². The van der Waals surface area contributed by atoms with Gasteiger partial charge in [0.05, 0.1) is 12.6 Å². The van der Waals surface area contributed by atoms with Crippen LogP contribution in [0.15, 0.2) is 18.2 Å². The van der Waals surface area contributed by atoms with Crippen molar-refractivity contribution in [1.29, 1.82) is 0 Å². The van der Waals surface area contributed by atoms with Crippen molar-refractivity contribution in [2.24, 2.45) is 0 Å². The largest absolute Gasteiger partial charge is 0.394 e. The first-order valence-electron chi connectivity index (χ1n) is 4.67. The summed E-state index contributed by atoms with van der Waals surface area (Å²) < 4.78 is 0. The van der Waals surface area contributed by atoms with E-state index in [2.05, 4.69) is 10.3 Å². The summed E-state index contributed by atoms with van der Waals surface area (Å²) in [4.78, 5) is 6.31. The standard InChI is InChI=1S/C10H17N3O/c1-8(7-14)13(3)10-6-4-5-9(11-2)12-10/h4-6,8,14H,7H2,1-3H3,(H,11,12). The Labute approximate surface area is 84.6 Å². The molecule has 0 bridgehead atoms. The molecule has 0 saturated heterocycles. The SMILES string of the molecule is CNc1cccc(N(C)C(C)CO)n1. The van der Waals surface area contributed by atoms with Crippen LogP contribution in [0.1, 0.15) is 6.92 Å². The van der Waals surface area contributed by atoms with E-state index >= 15 is 0 Å². The Morgan fingerprint density at radius 2 is 2.29 bits per heavy atom. The van der Waals surface area contributed by atoms with E-state index in [-0.39, 0.29) is 12.6 Å². The van der Waals surface area contributed by atoms with Crippen molar-refractivity contribution in [3.8, 4) is 0 Å². The number of hydrogen-bond donors (Lipinski definition) is 2. The Kier molecular flexibility index (Phi) is 3.71. The topological polar surface area (TPSA) is 48.4 Å². The molecular formula is C10H17N3O. The number of pyridine rings is 1. The van der Waals surface area contributed by atoms with E-state index in [9.17, 15) is 0 Å². The molecule has 4 heteroatoms. The molecule has 0 radical (unpaired) electrons. The second kappa shape index (κ2) is 4.81. The quantitative estimate of drug-likeness (QED) is 0.750. The highest BCUT2D eigenvalue weighted by Gasteiger charge is 2.09. The molecule has 0 aliphatic carbocycles. The van der Waals surface area contributed by atoms with Gasteiger partial charge in [-0.1, -0.05) is 6.07 Å². The van der Waals surface area contributed by atoms with Crippen molar-refractivity contribution in [1.82, 2.24) is 4.98 Å². The number of aliphatic hydroxyl groups excluding tert-OH is 1. The Morgan fingerprint density at radius 3 is 2.86 bits per heavy atom.